The number of rotatable bonds is 8. The number of nitrogens with two attached hydrogens (primary N) is 2. The molecule has 8 heteroatoms. The molecule has 0 aromatic carbocycles. The van der Waals surface area contributed by atoms with Gasteiger partial charge in [-0.15, -0.1) is 0 Å². The lowest BCUT2D eigenvalue weighted by atomic mass is 10.0. The topological polar surface area (TPSA) is 148 Å². The minimum Gasteiger partial charge on any atom is -0.480 e. The Bertz CT molecular complexity index is 333. The van der Waals surface area contributed by atoms with Crippen LogP contribution in [0.5, 0.6) is 0 Å². The molecule has 0 radical (unpaired) electrons. The first-order valence-corrected chi connectivity index (χ1v) is 6.07. The average Bonchev–Trinajstić information content (AvgIpc) is 2.30. The second-order valence-electron chi connectivity index (χ2n) is 4.60. The Morgan fingerprint density at radius 1 is 1.26 bits per heavy atom. The summed E-state index contributed by atoms with van der Waals surface area (Å²) >= 11 is 0. The smallest absolute Gasteiger partial charge is 0.326 e. The Kier molecular flexibility index (Phi) is 7.50. The van der Waals surface area contributed by atoms with Crippen LogP contribution in [-0.4, -0.2) is 41.6 Å². The number of primary amides is 1. The molecule has 2 atom stereocenters. The monoisotopic (exact) mass is 274 g/mol. The number of nitrogens with one attached hydrogen (secondary N) is 2. The van der Waals surface area contributed by atoms with Crippen LogP contribution in [0, 0.1) is 5.92 Å². The molecule has 0 aliphatic rings. The van der Waals surface area contributed by atoms with Crippen molar-refractivity contribution in [3.63, 3.8) is 0 Å². The quantitative estimate of drug-likeness (QED) is 0.360. The van der Waals surface area contributed by atoms with Crippen molar-refractivity contribution in [1.29, 1.82) is 0 Å². The van der Waals surface area contributed by atoms with Crippen LogP contribution in [0.2, 0.25) is 0 Å². The summed E-state index contributed by atoms with van der Waals surface area (Å²) in [5.74, 6) is -1.71. The van der Waals surface area contributed by atoms with E-state index in [2.05, 4.69) is 10.6 Å². The Labute approximate surface area is 111 Å². The molecule has 0 aromatic heterocycles. The fraction of sp³-hybridized carbons (Fsp3) is 0.727. The maximum Gasteiger partial charge on any atom is 0.326 e. The number of amides is 3. The highest BCUT2D eigenvalue weighted by atomic mass is 16.4. The molecule has 19 heavy (non-hydrogen) atoms. The molecule has 0 rings (SSSR count). The first-order chi connectivity index (χ1) is 8.75. The highest BCUT2D eigenvalue weighted by molar-refractivity contribution is 5.86. The number of carboxylic acids is 1. The molecule has 0 aliphatic carbocycles. The van der Waals surface area contributed by atoms with Gasteiger partial charge in [-0.3, -0.25) is 4.79 Å². The molecular formula is C11H22N4O4. The van der Waals surface area contributed by atoms with E-state index in [9.17, 15) is 14.4 Å². The third-order valence-corrected chi connectivity index (χ3v) is 2.60. The van der Waals surface area contributed by atoms with Gasteiger partial charge < -0.3 is 27.2 Å². The van der Waals surface area contributed by atoms with E-state index < -0.39 is 30.0 Å². The maximum absolute atomic E-state index is 11.7. The molecule has 0 saturated carbocycles. The predicted octanol–water partition coefficient (Wildman–Crippen LogP) is -1.01. The Morgan fingerprint density at radius 3 is 2.26 bits per heavy atom. The van der Waals surface area contributed by atoms with E-state index in [1.54, 1.807) is 13.8 Å². The van der Waals surface area contributed by atoms with Crippen LogP contribution >= 0.6 is 0 Å². The van der Waals surface area contributed by atoms with Crippen LogP contribution in [-0.2, 0) is 9.59 Å². The van der Waals surface area contributed by atoms with Crippen molar-refractivity contribution in [2.75, 3.05) is 6.54 Å². The van der Waals surface area contributed by atoms with E-state index in [0.717, 1.165) is 0 Å². The molecule has 7 N–H and O–H groups in total. The lowest BCUT2D eigenvalue weighted by molar-refractivity contribution is -0.142. The van der Waals surface area contributed by atoms with Crippen molar-refractivity contribution < 1.29 is 19.5 Å². The summed E-state index contributed by atoms with van der Waals surface area (Å²) < 4.78 is 0. The molecule has 0 bridgehead atoms. The van der Waals surface area contributed by atoms with E-state index in [-0.39, 0.29) is 18.9 Å². The number of urea groups is 1. The van der Waals surface area contributed by atoms with E-state index in [4.69, 9.17) is 16.6 Å². The summed E-state index contributed by atoms with van der Waals surface area (Å²) in [5.41, 5.74) is 10.5. The van der Waals surface area contributed by atoms with Gasteiger partial charge in [0, 0.05) is 6.54 Å². The minimum atomic E-state index is -1.14. The van der Waals surface area contributed by atoms with Gasteiger partial charge in [-0.1, -0.05) is 13.8 Å². The van der Waals surface area contributed by atoms with Crippen LogP contribution in [0.15, 0.2) is 0 Å². The second kappa shape index (κ2) is 8.30. The van der Waals surface area contributed by atoms with Crippen molar-refractivity contribution in [1.82, 2.24) is 10.6 Å². The van der Waals surface area contributed by atoms with Gasteiger partial charge in [0.2, 0.25) is 5.91 Å². The van der Waals surface area contributed by atoms with E-state index in [1.165, 1.54) is 0 Å². The third kappa shape index (κ3) is 7.24. The summed E-state index contributed by atoms with van der Waals surface area (Å²) in [6, 6.07) is -2.43. The summed E-state index contributed by atoms with van der Waals surface area (Å²) in [6.07, 6.45) is 0.573. The lowest BCUT2D eigenvalue weighted by Gasteiger charge is -2.19. The molecular weight excluding hydrogens is 252 g/mol. The van der Waals surface area contributed by atoms with Gasteiger partial charge in [0.05, 0.1) is 6.04 Å². The van der Waals surface area contributed by atoms with Crippen LogP contribution in [0.4, 0.5) is 4.79 Å². The summed E-state index contributed by atoms with van der Waals surface area (Å²) in [5, 5.41) is 13.7. The summed E-state index contributed by atoms with van der Waals surface area (Å²) in [6.45, 7) is 3.80. The zero-order chi connectivity index (χ0) is 15.0. The van der Waals surface area contributed by atoms with Gasteiger partial charge in [-0.25, -0.2) is 9.59 Å². The van der Waals surface area contributed by atoms with Crippen LogP contribution < -0.4 is 22.1 Å². The molecule has 0 aliphatic heterocycles. The first kappa shape index (κ1) is 17.2. The third-order valence-electron chi connectivity index (χ3n) is 2.60. The Morgan fingerprint density at radius 2 is 1.84 bits per heavy atom. The number of carbonyl (C=O) groups excluding carboxylic acids is 2. The second-order valence-corrected chi connectivity index (χ2v) is 4.60. The summed E-state index contributed by atoms with van der Waals surface area (Å²) in [7, 11) is 0. The van der Waals surface area contributed by atoms with Gasteiger partial charge in [0.1, 0.15) is 6.04 Å². The Hall–Kier alpha value is -1.83. The molecule has 0 heterocycles. The van der Waals surface area contributed by atoms with Crippen molar-refractivity contribution in [2.24, 2.45) is 17.4 Å². The SMILES string of the molecule is CC(C)[C@H](N)C(=O)N[C@H](CCCNC(N)=O)C(=O)O. The summed E-state index contributed by atoms with van der Waals surface area (Å²) in [4.78, 5) is 33.1. The van der Waals surface area contributed by atoms with Gasteiger partial charge in [0.25, 0.3) is 0 Å². The molecule has 3 amide bonds. The molecule has 0 unspecified atom stereocenters. The van der Waals surface area contributed by atoms with E-state index in [1.807, 2.05) is 0 Å². The zero-order valence-electron chi connectivity index (χ0n) is 11.2. The van der Waals surface area contributed by atoms with Gasteiger partial charge in [-0.2, -0.15) is 0 Å². The fourth-order valence-electron chi connectivity index (χ4n) is 1.35. The Balaban J connectivity index is 4.23. The van der Waals surface area contributed by atoms with E-state index >= 15 is 0 Å². The fourth-order valence-corrected chi connectivity index (χ4v) is 1.35. The predicted molar refractivity (Wildman–Crippen MR) is 69.2 cm³/mol. The van der Waals surface area contributed by atoms with Gasteiger partial charge in [0.15, 0.2) is 0 Å². The molecule has 110 valence electrons. The molecule has 0 fully saturated rings. The normalized spacial score (nSPS) is 13.7. The van der Waals surface area contributed by atoms with Crippen LogP contribution in [0.25, 0.3) is 0 Å². The van der Waals surface area contributed by atoms with Gasteiger partial charge >= 0.3 is 12.0 Å². The van der Waals surface area contributed by atoms with E-state index in [0.29, 0.717) is 6.42 Å². The number of aliphatic carboxylic acids is 1. The molecule has 0 spiro atoms. The van der Waals surface area contributed by atoms with Crippen molar-refractivity contribution in [2.45, 2.75) is 38.8 Å². The largest absolute Gasteiger partial charge is 0.480 e. The number of carboxylic acid groups (broad SMARTS) is 1. The van der Waals surface area contributed by atoms with Crippen molar-refractivity contribution in [3.05, 3.63) is 0 Å². The molecule has 0 aromatic rings. The van der Waals surface area contributed by atoms with Crippen molar-refractivity contribution >= 4 is 17.9 Å². The number of hydrogen-bond acceptors (Lipinski definition) is 4. The number of hydrogen-bond donors (Lipinski definition) is 5. The van der Waals surface area contributed by atoms with Crippen LogP contribution in [0.1, 0.15) is 26.7 Å². The molecule has 8 nitrogen and oxygen atoms in total. The van der Waals surface area contributed by atoms with Crippen LogP contribution in [0.3, 0.4) is 0 Å². The maximum atomic E-state index is 11.7. The van der Waals surface area contributed by atoms with Crippen molar-refractivity contribution in [3.8, 4) is 0 Å². The average molecular weight is 274 g/mol. The highest BCUT2D eigenvalue weighted by Gasteiger charge is 2.24. The standard InChI is InChI=1S/C11H22N4O4/c1-6(2)8(12)9(16)15-7(10(17)18)4-3-5-14-11(13)19/h6-8H,3-5,12H2,1-2H3,(H,15,16)(H,17,18)(H3,13,14,19)/t7-,8+/m1/s1. The minimum absolute atomic E-state index is 0.0778. The lowest BCUT2D eigenvalue weighted by Crippen LogP contribution is -2.50. The van der Waals surface area contributed by atoms with Gasteiger partial charge in [-0.05, 0) is 18.8 Å². The highest BCUT2D eigenvalue weighted by Crippen LogP contribution is 2.02. The number of carbonyl (C=O) groups is 3. The zero-order valence-corrected chi connectivity index (χ0v) is 11.2. The first-order valence-electron chi connectivity index (χ1n) is 6.07. The molecule has 0 saturated heterocycles.